The normalized spacial score (nSPS) is 10.5. The quantitative estimate of drug-likeness (QED) is 0.541. The zero-order chi connectivity index (χ0) is 12.2. The van der Waals surface area contributed by atoms with Gasteiger partial charge in [0.25, 0.3) is 5.16 Å². The molecule has 0 saturated heterocycles. The van der Waals surface area contributed by atoms with E-state index in [2.05, 4.69) is 20.7 Å². The van der Waals surface area contributed by atoms with Crippen molar-refractivity contribution in [1.82, 2.24) is 25.0 Å². The van der Waals surface area contributed by atoms with Crippen LogP contribution in [0.3, 0.4) is 0 Å². The average Bonchev–Trinajstić information content (AvgIpc) is 2.16. The molecule has 10 nitrogen and oxygen atoms in total. The van der Waals surface area contributed by atoms with Crippen LogP contribution in [0.4, 0.5) is 9.59 Å². The summed E-state index contributed by atoms with van der Waals surface area (Å²) in [5.41, 5.74) is 4.60. The molecule has 0 fully saturated rings. The van der Waals surface area contributed by atoms with Gasteiger partial charge < -0.3 is 5.73 Å². The van der Waals surface area contributed by atoms with Crippen LogP contribution < -0.4 is 15.8 Å². The van der Waals surface area contributed by atoms with Crippen LogP contribution in [0.5, 0.6) is 0 Å². The molecule has 4 amide bonds. The standard InChI is InChI=1S/C5H6N6O4S/c6-3(12)10-4(13)11-16(14,15)5-8-1-7-2-9-5/h1-2H,(H4,6,10,11,12,13). The maximum Gasteiger partial charge on any atom is 0.336 e. The van der Waals surface area contributed by atoms with Gasteiger partial charge in [-0.25, -0.2) is 29.3 Å². The lowest BCUT2D eigenvalue weighted by Crippen LogP contribution is -2.44. The topological polar surface area (TPSA) is 157 Å². The number of nitrogens with one attached hydrogen (secondary N) is 2. The molecule has 0 aliphatic rings. The highest BCUT2D eigenvalue weighted by Crippen LogP contribution is 1.96. The number of carbonyl (C=O) groups excluding carboxylic acids is 2. The lowest BCUT2D eigenvalue weighted by molar-refractivity contribution is 0.235. The molecule has 86 valence electrons. The Kier molecular flexibility index (Phi) is 3.30. The van der Waals surface area contributed by atoms with Crippen LogP contribution in [0.15, 0.2) is 17.8 Å². The first kappa shape index (κ1) is 11.8. The number of aromatic nitrogens is 3. The number of imide groups is 1. The van der Waals surface area contributed by atoms with Crippen LogP contribution in [0.1, 0.15) is 0 Å². The molecule has 1 rings (SSSR count). The van der Waals surface area contributed by atoms with Crippen molar-refractivity contribution in [3.8, 4) is 0 Å². The highest BCUT2D eigenvalue weighted by molar-refractivity contribution is 7.89. The molecule has 0 aromatic carbocycles. The lowest BCUT2D eigenvalue weighted by Gasteiger charge is -2.03. The van der Waals surface area contributed by atoms with Gasteiger partial charge >= 0.3 is 22.1 Å². The first-order valence-corrected chi connectivity index (χ1v) is 5.15. The number of hydrogen-bond acceptors (Lipinski definition) is 7. The predicted molar refractivity (Wildman–Crippen MR) is 48.3 cm³/mol. The SMILES string of the molecule is NC(=O)NC(=O)NS(=O)(=O)c1ncncn1. The lowest BCUT2D eigenvalue weighted by atomic mass is 10.9. The summed E-state index contributed by atoms with van der Waals surface area (Å²) in [7, 11) is -4.24. The van der Waals surface area contributed by atoms with E-state index in [4.69, 9.17) is 0 Å². The minimum Gasteiger partial charge on any atom is -0.351 e. The van der Waals surface area contributed by atoms with Gasteiger partial charge in [-0.2, -0.15) is 8.42 Å². The van der Waals surface area contributed by atoms with E-state index < -0.39 is 27.2 Å². The van der Waals surface area contributed by atoms with Crippen molar-refractivity contribution in [3.63, 3.8) is 0 Å². The summed E-state index contributed by atoms with van der Waals surface area (Å²) in [6, 6.07) is -2.49. The number of carbonyl (C=O) groups is 2. The maximum atomic E-state index is 11.3. The molecular formula is C5H6N6O4S. The number of amides is 4. The van der Waals surface area contributed by atoms with Crippen LogP contribution >= 0.6 is 0 Å². The zero-order valence-corrected chi connectivity index (χ0v) is 8.43. The molecule has 0 spiro atoms. The summed E-state index contributed by atoms with van der Waals surface area (Å²) >= 11 is 0. The van der Waals surface area contributed by atoms with Gasteiger partial charge in [0.2, 0.25) is 0 Å². The van der Waals surface area contributed by atoms with Crippen molar-refractivity contribution in [2.75, 3.05) is 0 Å². The Labute approximate surface area is 89.3 Å². The van der Waals surface area contributed by atoms with Crippen molar-refractivity contribution >= 4 is 22.1 Å². The second-order valence-electron chi connectivity index (χ2n) is 2.34. The van der Waals surface area contributed by atoms with E-state index in [0.29, 0.717) is 0 Å². The molecule has 1 heterocycles. The predicted octanol–water partition coefficient (Wildman–Crippen LogP) is -2.06. The van der Waals surface area contributed by atoms with Crippen LogP contribution in [0, 0.1) is 0 Å². The second kappa shape index (κ2) is 4.48. The summed E-state index contributed by atoms with van der Waals surface area (Å²) < 4.78 is 24.2. The number of primary amides is 1. The molecule has 0 radical (unpaired) electrons. The Balaban J connectivity index is 2.81. The molecule has 4 N–H and O–H groups in total. The van der Waals surface area contributed by atoms with Gasteiger partial charge in [0.15, 0.2) is 0 Å². The van der Waals surface area contributed by atoms with Gasteiger partial charge in [0, 0.05) is 0 Å². The van der Waals surface area contributed by atoms with Crippen LogP contribution in [0.2, 0.25) is 0 Å². The van der Waals surface area contributed by atoms with E-state index >= 15 is 0 Å². The van der Waals surface area contributed by atoms with E-state index in [1.165, 1.54) is 10.0 Å². The highest BCUT2D eigenvalue weighted by Gasteiger charge is 2.20. The fourth-order valence-electron chi connectivity index (χ4n) is 0.672. The molecule has 0 atom stereocenters. The number of sulfonamides is 1. The molecule has 0 saturated carbocycles. The average molecular weight is 246 g/mol. The summed E-state index contributed by atoms with van der Waals surface area (Å²) in [5.74, 6) is 0. The summed E-state index contributed by atoms with van der Waals surface area (Å²) in [5, 5.41) is 0.856. The second-order valence-corrected chi connectivity index (χ2v) is 3.92. The zero-order valence-electron chi connectivity index (χ0n) is 7.61. The van der Waals surface area contributed by atoms with Crippen molar-refractivity contribution in [3.05, 3.63) is 12.7 Å². The summed E-state index contributed by atoms with van der Waals surface area (Å²) in [6.45, 7) is 0. The van der Waals surface area contributed by atoms with Gasteiger partial charge in [-0.1, -0.05) is 0 Å². The van der Waals surface area contributed by atoms with E-state index in [1.807, 2.05) is 0 Å². The third-order valence-corrected chi connectivity index (χ3v) is 2.32. The Bertz CT molecular complexity index is 499. The summed E-state index contributed by atoms with van der Waals surface area (Å²) in [6.07, 6.45) is 1.88. The Hall–Kier alpha value is -2.30. The molecule has 11 heteroatoms. The minimum atomic E-state index is -4.24. The van der Waals surface area contributed by atoms with Crippen LogP contribution in [0.25, 0.3) is 0 Å². The molecule has 0 unspecified atom stereocenters. The Morgan fingerprint density at radius 2 is 1.81 bits per heavy atom. The summed E-state index contributed by atoms with van der Waals surface area (Å²) in [4.78, 5) is 31.1. The monoisotopic (exact) mass is 246 g/mol. The van der Waals surface area contributed by atoms with Gasteiger partial charge in [-0.3, -0.25) is 5.32 Å². The van der Waals surface area contributed by atoms with Gasteiger partial charge in [0.05, 0.1) is 0 Å². The van der Waals surface area contributed by atoms with E-state index in [0.717, 1.165) is 12.7 Å². The van der Waals surface area contributed by atoms with Gasteiger partial charge in [-0.15, -0.1) is 0 Å². The van der Waals surface area contributed by atoms with Crippen molar-refractivity contribution < 1.29 is 18.0 Å². The number of nitrogens with zero attached hydrogens (tertiary/aromatic N) is 3. The molecule has 16 heavy (non-hydrogen) atoms. The third-order valence-electron chi connectivity index (χ3n) is 1.17. The number of urea groups is 2. The maximum absolute atomic E-state index is 11.3. The fraction of sp³-hybridized carbons (Fsp3) is 0. The van der Waals surface area contributed by atoms with Crippen molar-refractivity contribution in [2.24, 2.45) is 5.73 Å². The fourth-order valence-corrected chi connectivity index (χ4v) is 1.43. The Morgan fingerprint density at radius 3 is 2.31 bits per heavy atom. The molecule has 1 aromatic heterocycles. The third kappa shape index (κ3) is 3.13. The van der Waals surface area contributed by atoms with Crippen LogP contribution in [-0.2, 0) is 10.0 Å². The minimum absolute atomic E-state index is 0.651. The number of rotatable bonds is 2. The first-order valence-electron chi connectivity index (χ1n) is 3.67. The van der Waals surface area contributed by atoms with E-state index in [1.54, 1.807) is 0 Å². The first-order chi connectivity index (χ1) is 7.42. The van der Waals surface area contributed by atoms with Gasteiger partial charge in [-0.05, 0) is 0 Å². The Morgan fingerprint density at radius 1 is 1.25 bits per heavy atom. The number of hydrogen-bond donors (Lipinski definition) is 3. The highest BCUT2D eigenvalue weighted by atomic mass is 32.2. The molecular weight excluding hydrogens is 240 g/mol. The largest absolute Gasteiger partial charge is 0.351 e. The van der Waals surface area contributed by atoms with E-state index in [-0.39, 0.29) is 0 Å². The van der Waals surface area contributed by atoms with E-state index in [9.17, 15) is 18.0 Å². The number of nitrogens with two attached hydrogens (primary N) is 1. The van der Waals surface area contributed by atoms with Crippen LogP contribution in [-0.4, -0.2) is 35.4 Å². The molecule has 0 bridgehead atoms. The molecule has 1 aromatic rings. The van der Waals surface area contributed by atoms with Crippen molar-refractivity contribution in [2.45, 2.75) is 5.16 Å². The smallest absolute Gasteiger partial charge is 0.336 e. The molecule has 0 aliphatic heterocycles. The molecule has 0 aliphatic carbocycles. The van der Waals surface area contributed by atoms with Crippen molar-refractivity contribution in [1.29, 1.82) is 0 Å². The van der Waals surface area contributed by atoms with Gasteiger partial charge in [0.1, 0.15) is 12.7 Å².